The Balaban J connectivity index is 1.67. The van der Waals surface area contributed by atoms with Crippen molar-refractivity contribution in [2.75, 3.05) is 19.6 Å². The molecule has 2 amide bonds. The van der Waals surface area contributed by atoms with Gasteiger partial charge in [-0.25, -0.2) is 4.98 Å². The summed E-state index contributed by atoms with van der Waals surface area (Å²) in [6, 6.07) is 17.6. The summed E-state index contributed by atoms with van der Waals surface area (Å²) in [7, 11) is 0. The van der Waals surface area contributed by atoms with E-state index in [0.29, 0.717) is 13.0 Å². The highest BCUT2D eigenvalue weighted by Crippen LogP contribution is 2.17. The summed E-state index contributed by atoms with van der Waals surface area (Å²) < 4.78 is 1.99. The van der Waals surface area contributed by atoms with Crippen LogP contribution in [0, 0.1) is 0 Å². The molecule has 0 saturated carbocycles. The van der Waals surface area contributed by atoms with Gasteiger partial charge in [-0.15, -0.1) is 0 Å². The lowest BCUT2D eigenvalue weighted by Gasteiger charge is -2.22. The van der Waals surface area contributed by atoms with Gasteiger partial charge < -0.3 is 14.8 Å². The molecular weight excluding hydrogens is 400 g/mol. The number of hydrogen-bond donors (Lipinski definition) is 1. The summed E-state index contributed by atoms with van der Waals surface area (Å²) in [5.74, 6) is 0.762. The number of carbonyl (C=O) groups is 2. The largest absolute Gasteiger partial charge is 0.352 e. The quantitative estimate of drug-likeness (QED) is 0.465. The SMILES string of the molecule is CCCN(CCC)C(=O)Cn1c(CCNC(=O)/C=C/c2ccccc2)nc2ccccc21. The number of rotatable bonds is 11. The first-order valence-electron chi connectivity index (χ1n) is 11.3. The first-order valence-corrected chi connectivity index (χ1v) is 11.3. The van der Waals surface area contributed by atoms with E-state index in [0.717, 1.165) is 48.4 Å². The van der Waals surface area contributed by atoms with E-state index < -0.39 is 0 Å². The standard InChI is InChI=1S/C26H32N4O2/c1-3-18-29(19-4-2)26(32)20-30-23-13-9-8-12-22(23)28-24(30)16-17-27-25(31)15-14-21-10-6-5-7-11-21/h5-15H,3-4,16-20H2,1-2H3,(H,27,31)/b15-14+. The molecule has 1 heterocycles. The van der Waals surface area contributed by atoms with Crippen LogP contribution in [0.5, 0.6) is 0 Å². The molecule has 2 aromatic carbocycles. The molecule has 0 saturated heterocycles. The summed E-state index contributed by atoms with van der Waals surface area (Å²) in [4.78, 5) is 31.8. The van der Waals surface area contributed by atoms with Gasteiger partial charge in [-0.2, -0.15) is 0 Å². The summed E-state index contributed by atoms with van der Waals surface area (Å²) in [5.41, 5.74) is 2.79. The van der Waals surface area contributed by atoms with Crippen molar-refractivity contribution in [1.29, 1.82) is 0 Å². The average molecular weight is 433 g/mol. The van der Waals surface area contributed by atoms with Gasteiger partial charge in [0, 0.05) is 32.1 Å². The van der Waals surface area contributed by atoms with Crippen LogP contribution in [0.2, 0.25) is 0 Å². The Morgan fingerprint density at radius 2 is 1.69 bits per heavy atom. The Hall–Kier alpha value is -3.41. The maximum atomic E-state index is 13.0. The maximum absolute atomic E-state index is 13.0. The van der Waals surface area contributed by atoms with Crippen molar-refractivity contribution in [3.63, 3.8) is 0 Å². The Bertz CT molecular complexity index is 1050. The summed E-state index contributed by atoms with van der Waals surface area (Å²) in [5, 5.41) is 2.92. The van der Waals surface area contributed by atoms with Crippen LogP contribution >= 0.6 is 0 Å². The lowest BCUT2D eigenvalue weighted by Crippen LogP contribution is -2.35. The second-order valence-electron chi connectivity index (χ2n) is 7.77. The van der Waals surface area contributed by atoms with E-state index in [1.807, 2.05) is 64.1 Å². The number of carbonyl (C=O) groups excluding carboxylic acids is 2. The first-order chi connectivity index (χ1) is 15.6. The van der Waals surface area contributed by atoms with Crippen molar-refractivity contribution in [1.82, 2.24) is 19.8 Å². The molecule has 3 rings (SSSR count). The molecule has 0 aliphatic carbocycles. The third-order valence-electron chi connectivity index (χ3n) is 5.24. The number of imidazole rings is 1. The van der Waals surface area contributed by atoms with Gasteiger partial charge in [0.05, 0.1) is 11.0 Å². The molecule has 1 N–H and O–H groups in total. The Kier molecular flexibility index (Phi) is 8.61. The van der Waals surface area contributed by atoms with Crippen molar-refractivity contribution in [3.05, 3.63) is 72.1 Å². The number of hydrogen-bond acceptors (Lipinski definition) is 3. The molecule has 32 heavy (non-hydrogen) atoms. The van der Waals surface area contributed by atoms with E-state index in [1.54, 1.807) is 6.08 Å². The number of benzene rings is 2. The summed E-state index contributed by atoms with van der Waals surface area (Å²) in [6.45, 7) is 6.41. The second kappa shape index (κ2) is 11.8. The molecule has 0 spiro atoms. The van der Waals surface area contributed by atoms with Crippen molar-refractivity contribution in [3.8, 4) is 0 Å². The van der Waals surface area contributed by atoms with Crippen LogP contribution in [0.15, 0.2) is 60.7 Å². The smallest absolute Gasteiger partial charge is 0.244 e. The minimum Gasteiger partial charge on any atom is -0.352 e. The Morgan fingerprint density at radius 1 is 1.00 bits per heavy atom. The summed E-state index contributed by atoms with van der Waals surface area (Å²) >= 11 is 0. The number of para-hydroxylation sites is 2. The lowest BCUT2D eigenvalue weighted by molar-refractivity contribution is -0.132. The lowest BCUT2D eigenvalue weighted by atomic mass is 10.2. The average Bonchev–Trinajstić information content (AvgIpc) is 3.15. The molecule has 168 valence electrons. The molecule has 0 bridgehead atoms. The number of aromatic nitrogens is 2. The van der Waals surface area contributed by atoms with Gasteiger partial charge in [0.15, 0.2) is 0 Å². The van der Waals surface area contributed by atoms with E-state index >= 15 is 0 Å². The van der Waals surface area contributed by atoms with Crippen molar-refractivity contribution in [2.45, 2.75) is 39.7 Å². The van der Waals surface area contributed by atoms with Crippen molar-refractivity contribution >= 4 is 28.9 Å². The van der Waals surface area contributed by atoms with Crippen LogP contribution in [0.25, 0.3) is 17.1 Å². The Morgan fingerprint density at radius 3 is 2.41 bits per heavy atom. The number of fused-ring (bicyclic) bond motifs is 1. The maximum Gasteiger partial charge on any atom is 0.244 e. The minimum absolute atomic E-state index is 0.105. The van der Waals surface area contributed by atoms with Gasteiger partial charge in [0.25, 0.3) is 0 Å². The summed E-state index contributed by atoms with van der Waals surface area (Å²) in [6.07, 6.45) is 5.75. The number of nitrogens with zero attached hydrogens (tertiary/aromatic N) is 3. The monoisotopic (exact) mass is 432 g/mol. The van der Waals surface area contributed by atoms with Gasteiger partial charge >= 0.3 is 0 Å². The van der Waals surface area contributed by atoms with Gasteiger partial charge in [0.1, 0.15) is 12.4 Å². The molecule has 0 unspecified atom stereocenters. The zero-order valence-corrected chi connectivity index (χ0v) is 19.0. The van der Waals surface area contributed by atoms with E-state index in [1.165, 1.54) is 6.08 Å². The van der Waals surface area contributed by atoms with Crippen LogP contribution in [0.1, 0.15) is 38.1 Å². The molecule has 6 heteroatoms. The van der Waals surface area contributed by atoms with E-state index in [2.05, 4.69) is 19.2 Å². The fourth-order valence-electron chi connectivity index (χ4n) is 3.72. The molecule has 6 nitrogen and oxygen atoms in total. The van der Waals surface area contributed by atoms with Crippen LogP contribution in [0.4, 0.5) is 0 Å². The second-order valence-corrected chi connectivity index (χ2v) is 7.77. The molecule has 0 aliphatic rings. The van der Waals surface area contributed by atoms with Gasteiger partial charge in [-0.05, 0) is 36.6 Å². The highest BCUT2D eigenvalue weighted by Gasteiger charge is 2.17. The first kappa shape index (κ1) is 23.3. The molecule has 0 fully saturated rings. The van der Waals surface area contributed by atoms with Crippen LogP contribution < -0.4 is 5.32 Å². The van der Waals surface area contributed by atoms with Crippen molar-refractivity contribution < 1.29 is 9.59 Å². The van der Waals surface area contributed by atoms with Crippen LogP contribution in [-0.2, 0) is 22.6 Å². The molecule has 1 aromatic heterocycles. The molecule has 0 aliphatic heterocycles. The van der Waals surface area contributed by atoms with Gasteiger partial charge in [0.2, 0.25) is 11.8 Å². The highest BCUT2D eigenvalue weighted by atomic mass is 16.2. The Labute approximate surface area is 189 Å². The fraction of sp³-hybridized carbons (Fsp3) is 0.346. The third-order valence-corrected chi connectivity index (χ3v) is 5.24. The zero-order chi connectivity index (χ0) is 22.8. The minimum atomic E-state index is -0.148. The fourth-order valence-corrected chi connectivity index (χ4v) is 3.72. The van der Waals surface area contributed by atoms with E-state index in [-0.39, 0.29) is 18.4 Å². The van der Waals surface area contributed by atoms with Gasteiger partial charge in [-0.3, -0.25) is 9.59 Å². The highest BCUT2D eigenvalue weighted by molar-refractivity contribution is 5.91. The molecule has 3 aromatic rings. The van der Waals surface area contributed by atoms with Crippen molar-refractivity contribution in [2.24, 2.45) is 0 Å². The molecule has 0 radical (unpaired) electrons. The third kappa shape index (κ3) is 6.30. The normalized spacial score (nSPS) is 11.2. The topological polar surface area (TPSA) is 67.2 Å². The predicted octanol–water partition coefficient (Wildman–Crippen LogP) is 4.06. The number of nitrogens with one attached hydrogen (secondary N) is 1. The molecular formula is C26H32N4O2. The molecule has 0 atom stereocenters. The van der Waals surface area contributed by atoms with Crippen LogP contribution in [-0.4, -0.2) is 45.9 Å². The van der Waals surface area contributed by atoms with Crippen LogP contribution in [0.3, 0.4) is 0 Å². The van der Waals surface area contributed by atoms with E-state index in [4.69, 9.17) is 4.98 Å². The number of amides is 2. The predicted molar refractivity (Wildman–Crippen MR) is 129 cm³/mol. The van der Waals surface area contributed by atoms with E-state index in [9.17, 15) is 9.59 Å². The van der Waals surface area contributed by atoms with Gasteiger partial charge in [-0.1, -0.05) is 56.3 Å². The zero-order valence-electron chi connectivity index (χ0n) is 19.0.